The minimum Gasteiger partial charge on any atom is -0.392 e. The van der Waals surface area contributed by atoms with Gasteiger partial charge in [0, 0.05) is 12.6 Å². The van der Waals surface area contributed by atoms with Gasteiger partial charge in [0.1, 0.15) is 6.04 Å². The summed E-state index contributed by atoms with van der Waals surface area (Å²) in [6, 6.07) is 9.98. The lowest BCUT2D eigenvalue weighted by Gasteiger charge is -2.36. The van der Waals surface area contributed by atoms with Gasteiger partial charge in [0.15, 0.2) is 0 Å². The van der Waals surface area contributed by atoms with E-state index in [9.17, 15) is 9.90 Å². The Balaban J connectivity index is 1.80. The first-order valence-corrected chi connectivity index (χ1v) is 7.51. The molecule has 2 N–H and O–H groups in total. The van der Waals surface area contributed by atoms with Gasteiger partial charge in [-0.2, -0.15) is 0 Å². The molecule has 20 heavy (non-hydrogen) atoms. The number of likely N-dealkylation sites (tertiary alicyclic amines) is 1. The summed E-state index contributed by atoms with van der Waals surface area (Å²) in [7, 11) is 0. The van der Waals surface area contributed by atoms with E-state index in [-0.39, 0.29) is 18.1 Å². The van der Waals surface area contributed by atoms with Crippen LogP contribution in [0.15, 0.2) is 30.3 Å². The summed E-state index contributed by atoms with van der Waals surface area (Å²) < 4.78 is 0. The summed E-state index contributed by atoms with van der Waals surface area (Å²) >= 11 is 0. The van der Waals surface area contributed by atoms with Gasteiger partial charge in [0.25, 0.3) is 0 Å². The van der Waals surface area contributed by atoms with Crippen LogP contribution in [0, 0.1) is 0 Å². The zero-order valence-corrected chi connectivity index (χ0v) is 11.7. The van der Waals surface area contributed by atoms with E-state index in [4.69, 9.17) is 0 Å². The van der Waals surface area contributed by atoms with Crippen LogP contribution in [0.5, 0.6) is 0 Å². The minimum atomic E-state index is -0.316. The maximum atomic E-state index is 12.6. The number of aliphatic hydroxyl groups is 1. The molecule has 0 spiro atoms. The molecular formula is C16H22N2O2. The van der Waals surface area contributed by atoms with Crippen molar-refractivity contribution in [3.05, 3.63) is 35.9 Å². The van der Waals surface area contributed by atoms with Crippen LogP contribution >= 0.6 is 0 Å². The monoisotopic (exact) mass is 274 g/mol. The topological polar surface area (TPSA) is 52.6 Å². The molecule has 1 aromatic carbocycles. The molecule has 0 aromatic heterocycles. The average Bonchev–Trinajstić information content (AvgIpc) is 3.24. The van der Waals surface area contributed by atoms with E-state index in [2.05, 4.69) is 10.2 Å². The first kappa shape index (κ1) is 13.6. The van der Waals surface area contributed by atoms with E-state index in [1.165, 1.54) is 0 Å². The molecule has 2 aliphatic rings. The van der Waals surface area contributed by atoms with Crippen molar-refractivity contribution in [1.29, 1.82) is 0 Å². The van der Waals surface area contributed by atoms with Crippen molar-refractivity contribution in [1.82, 2.24) is 10.2 Å². The molecule has 108 valence electrons. The van der Waals surface area contributed by atoms with Gasteiger partial charge in [-0.05, 0) is 37.8 Å². The average molecular weight is 274 g/mol. The molecule has 1 aliphatic heterocycles. The Hall–Kier alpha value is -1.39. The third-order valence-corrected chi connectivity index (χ3v) is 4.08. The van der Waals surface area contributed by atoms with Crippen LogP contribution in [-0.4, -0.2) is 41.1 Å². The summed E-state index contributed by atoms with van der Waals surface area (Å²) in [4.78, 5) is 14.7. The number of β-amino-alcohol motifs (C(OH)–C–C–N with tert-alkyl or cyclic N) is 1. The second-order valence-corrected chi connectivity index (χ2v) is 5.89. The van der Waals surface area contributed by atoms with Crippen LogP contribution in [-0.2, 0) is 4.79 Å². The van der Waals surface area contributed by atoms with Crippen LogP contribution in [0.25, 0.3) is 0 Å². The van der Waals surface area contributed by atoms with E-state index >= 15 is 0 Å². The number of benzene rings is 1. The highest BCUT2D eigenvalue weighted by Gasteiger charge is 2.34. The van der Waals surface area contributed by atoms with Gasteiger partial charge < -0.3 is 10.4 Å². The fourth-order valence-corrected chi connectivity index (χ4v) is 2.89. The van der Waals surface area contributed by atoms with Gasteiger partial charge in [0.2, 0.25) is 5.91 Å². The number of hydrogen-bond acceptors (Lipinski definition) is 3. The molecule has 1 saturated heterocycles. The zero-order valence-electron chi connectivity index (χ0n) is 11.7. The van der Waals surface area contributed by atoms with Crippen molar-refractivity contribution in [3.8, 4) is 0 Å². The quantitative estimate of drug-likeness (QED) is 0.874. The fourth-order valence-electron chi connectivity index (χ4n) is 2.89. The highest BCUT2D eigenvalue weighted by atomic mass is 16.3. The Morgan fingerprint density at radius 3 is 2.65 bits per heavy atom. The van der Waals surface area contributed by atoms with Gasteiger partial charge >= 0.3 is 0 Å². The normalized spacial score (nSPS) is 25.1. The van der Waals surface area contributed by atoms with Crippen molar-refractivity contribution < 1.29 is 9.90 Å². The molecule has 2 atom stereocenters. The molecule has 0 radical (unpaired) electrons. The van der Waals surface area contributed by atoms with Crippen LogP contribution < -0.4 is 5.32 Å². The molecule has 1 saturated carbocycles. The van der Waals surface area contributed by atoms with E-state index in [0.717, 1.165) is 37.8 Å². The first-order valence-electron chi connectivity index (χ1n) is 7.51. The van der Waals surface area contributed by atoms with Crippen molar-refractivity contribution in [2.45, 2.75) is 43.9 Å². The van der Waals surface area contributed by atoms with Gasteiger partial charge in [-0.15, -0.1) is 0 Å². The second kappa shape index (κ2) is 5.94. The van der Waals surface area contributed by atoms with Crippen LogP contribution in [0.4, 0.5) is 0 Å². The Morgan fingerprint density at radius 2 is 2.00 bits per heavy atom. The van der Waals surface area contributed by atoms with Crippen LogP contribution in [0.2, 0.25) is 0 Å². The van der Waals surface area contributed by atoms with Gasteiger partial charge in [-0.25, -0.2) is 0 Å². The number of aliphatic hydroxyl groups excluding tert-OH is 1. The smallest absolute Gasteiger partial charge is 0.242 e. The number of carbonyl (C=O) groups is 1. The molecule has 0 bridgehead atoms. The Kier molecular flexibility index (Phi) is 4.03. The van der Waals surface area contributed by atoms with E-state index in [0.29, 0.717) is 12.6 Å². The Labute approximate surface area is 119 Å². The molecule has 4 nitrogen and oxygen atoms in total. The molecule has 1 aliphatic carbocycles. The zero-order chi connectivity index (χ0) is 13.9. The Bertz CT molecular complexity index is 459. The van der Waals surface area contributed by atoms with E-state index in [1.807, 2.05) is 30.3 Å². The lowest BCUT2D eigenvalue weighted by Crippen LogP contribution is -2.47. The molecule has 3 rings (SSSR count). The standard InChI is InChI=1S/C16H22N2O2/c19-14-7-4-10-18(11-14)15(12-5-2-1-3-6-12)16(20)17-13-8-9-13/h1-3,5-6,13-15,19H,4,7-11H2,(H,17,20)/t14-,15+/m0/s1. The number of piperidine rings is 1. The maximum absolute atomic E-state index is 12.6. The van der Waals surface area contributed by atoms with Crippen molar-refractivity contribution in [3.63, 3.8) is 0 Å². The maximum Gasteiger partial charge on any atom is 0.242 e. The largest absolute Gasteiger partial charge is 0.392 e. The lowest BCUT2D eigenvalue weighted by molar-refractivity contribution is -0.128. The van der Waals surface area contributed by atoms with E-state index < -0.39 is 0 Å². The molecule has 0 unspecified atom stereocenters. The summed E-state index contributed by atoms with van der Waals surface area (Å²) in [5.74, 6) is 0.0767. The molecule has 4 heteroatoms. The van der Waals surface area contributed by atoms with Crippen LogP contribution in [0.1, 0.15) is 37.3 Å². The SMILES string of the molecule is O=C(NC1CC1)[C@@H](c1ccccc1)N1CCC[C@H](O)C1. The number of nitrogens with one attached hydrogen (secondary N) is 1. The highest BCUT2D eigenvalue weighted by molar-refractivity contribution is 5.83. The van der Waals surface area contributed by atoms with Gasteiger partial charge in [-0.1, -0.05) is 30.3 Å². The van der Waals surface area contributed by atoms with Crippen LogP contribution in [0.3, 0.4) is 0 Å². The number of nitrogens with zero attached hydrogens (tertiary/aromatic N) is 1. The fraction of sp³-hybridized carbons (Fsp3) is 0.562. The van der Waals surface area contributed by atoms with E-state index in [1.54, 1.807) is 0 Å². The van der Waals surface area contributed by atoms with Crippen molar-refractivity contribution >= 4 is 5.91 Å². The summed E-state index contributed by atoms with van der Waals surface area (Å²) in [6.45, 7) is 1.45. The summed E-state index contributed by atoms with van der Waals surface area (Å²) in [6.07, 6.45) is 3.65. The number of amides is 1. The second-order valence-electron chi connectivity index (χ2n) is 5.89. The minimum absolute atomic E-state index is 0.0767. The molecular weight excluding hydrogens is 252 g/mol. The molecule has 1 amide bonds. The predicted molar refractivity (Wildman–Crippen MR) is 77.2 cm³/mol. The third-order valence-electron chi connectivity index (χ3n) is 4.08. The predicted octanol–water partition coefficient (Wildman–Crippen LogP) is 1.46. The summed E-state index contributed by atoms with van der Waals surface area (Å²) in [5, 5.41) is 13.0. The lowest BCUT2D eigenvalue weighted by atomic mass is 10.00. The molecule has 2 fully saturated rings. The number of rotatable bonds is 4. The first-order chi connectivity index (χ1) is 9.74. The number of hydrogen-bond donors (Lipinski definition) is 2. The molecule has 1 heterocycles. The highest BCUT2D eigenvalue weighted by Crippen LogP contribution is 2.27. The summed E-state index contributed by atoms with van der Waals surface area (Å²) in [5.41, 5.74) is 1.01. The Morgan fingerprint density at radius 1 is 1.25 bits per heavy atom. The van der Waals surface area contributed by atoms with Gasteiger partial charge in [-0.3, -0.25) is 9.69 Å². The molecule has 1 aromatic rings. The van der Waals surface area contributed by atoms with Crippen molar-refractivity contribution in [2.75, 3.05) is 13.1 Å². The third kappa shape index (κ3) is 3.19. The van der Waals surface area contributed by atoms with Gasteiger partial charge in [0.05, 0.1) is 6.10 Å². The number of carbonyl (C=O) groups excluding carboxylic acids is 1. The van der Waals surface area contributed by atoms with Crippen molar-refractivity contribution in [2.24, 2.45) is 0 Å².